The van der Waals surface area contributed by atoms with E-state index < -0.39 is 0 Å². The minimum absolute atomic E-state index is 0. The van der Waals surface area contributed by atoms with Gasteiger partial charge in [0.25, 0.3) is 0 Å². The molecule has 1 heterocycles. The highest BCUT2D eigenvalue weighted by Crippen LogP contribution is 2.49. The minimum atomic E-state index is 0. The van der Waals surface area contributed by atoms with Crippen LogP contribution in [0.5, 0.6) is 0 Å². The molecule has 3 rings (SSSR count). The Morgan fingerprint density at radius 2 is 2.16 bits per heavy atom. The average molecular weight is 462 g/mol. The Morgan fingerprint density at radius 1 is 1.28 bits per heavy atom. The molecule has 2 bridgehead atoms. The maximum absolute atomic E-state index is 11.6. The number of halogens is 1. The Hall–Kier alpha value is -0.530. The molecule has 2 aliphatic carbocycles. The third-order valence-corrected chi connectivity index (χ3v) is 6.06. The van der Waals surface area contributed by atoms with Crippen LogP contribution in [-0.2, 0) is 4.79 Å². The Kier molecular flexibility index (Phi) is 8.79. The summed E-state index contributed by atoms with van der Waals surface area (Å²) in [6, 6.07) is 0. The van der Waals surface area contributed by atoms with E-state index in [1.54, 1.807) is 0 Å². The molecular formula is C19H35IN4O. The van der Waals surface area contributed by atoms with Crippen molar-refractivity contribution in [3.8, 4) is 0 Å². The molecule has 3 aliphatic rings. The Bertz CT molecular complexity index is 457. The molecule has 0 aromatic rings. The summed E-state index contributed by atoms with van der Waals surface area (Å²) in [5.74, 6) is 4.24. The third-order valence-electron chi connectivity index (χ3n) is 6.06. The number of nitrogens with zero attached hydrogens (tertiary/aromatic N) is 2. The summed E-state index contributed by atoms with van der Waals surface area (Å²) in [5, 5.41) is 6.84. The summed E-state index contributed by atoms with van der Waals surface area (Å²) in [5.41, 5.74) is 0. The van der Waals surface area contributed by atoms with Gasteiger partial charge in [-0.25, -0.2) is 0 Å². The van der Waals surface area contributed by atoms with Gasteiger partial charge in [0.15, 0.2) is 5.96 Å². The SMILES string of the molecule is CCNC(=NCCCN1CCCC1=O)NCCC1CC2CCC1C2.I. The molecule has 0 aromatic carbocycles. The van der Waals surface area contributed by atoms with Crippen LogP contribution in [0, 0.1) is 17.8 Å². The highest BCUT2D eigenvalue weighted by molar-refractivity contribution is 14.0. The van der Waals surface area contributed by atoms with Gasteiger partial charge in [-0.1, -0.05) is 6.42 Å². The predicted molar refractivity (Wildman–Crippen MR) is 113 cm³/mol. The number of fused-ring (bicyclic) bond motifs is 2. The molecule has 1 amide bonds. The number of guanidine groups is 1. The van der Waals surface area contributed by atoms with Crippen LogP contribution in [-0.4, -0.2) is 49.5 Å². The van der Waals surface area contributed by atoms with Gasteiger partial charge in [0, 0.05) is 39.1 Å². The molecule has 144 valence electrons. The largest absolute Gasteiger partial charge is 0.357 e. The molecule has 2 saturated carbocycles. The number of likely N-dealkylation sites (tertiary alicyclic amines) is 1. The topological polar surface area (TPSA) is 56.7 Å². The lowest BCUT2D eigenvalue weighted by Crippen LogP contribution is -2.38. The summed E-state index contributed by atoms with van der Waals surface area (Å²) < 4.78 is 0. The van der Waals surface area contributed by atoms with Crippen molar-refractivity contribution in [1.29, 1.82) is 0 Å². The second-order valence-corrected chi connectivity index (χ2v) is 7.75. The fraction of sp³-hybridized carbons (Fsp3) is 0.895. The highest BCUT2D eigenvalue weighted by Gasteiger charge is 2.38. The van der Waals surface area contributed by atoms with Crippen molar-refractivity contribution in [3.05, 3.63) is 0 Å². The second-order valence-electron chi connectivity index (χ2n) is 7.75. The van der Waals surface area contributed by atoms with E-state index in [-0.39, 0.29) is 24.0 Å². The van der Waals surface area contributed by atoms with E-state index in [0.29, 0.717) is 5.91 Å². The van der Waals surface area contributed by atoms with Crippen LogP contribution in [0.3, 0.4) is 0 Å². The first-order valence-electron chi connectivity index (χ1n) is 10.1. The van der Waals surface area contributed by atoms with Gasteiger partial charge in [0.05, 0.1) is 0 Å². The van der Waals surface area contributed by atoms with Crippen LogP contribution >= 0.6 is 24.0 Å². The first-order valence-corrected chi connectivity index (χ1v) is 10.1. The Morgan fingerprint density at radius 3 is 2.80 bits per heavy atom. The van der Waals surface area contributed by atoms with E-state index in [1.165, 1.54) is 32.1 Å². The van der Waals surface area contributed by atoms with Crippen LogP contribution in [0.2, 0.25) is 0 Å². The van der Waals surface area contributed by atoms with Crippen molar-refractivity contribution in [2.75, 3.05) is 32.7 Å². The normalized spacial score (nSPS) is 28.4. The molecule has 0 radical (unpaired) electrons. The molecule has 0 aromatic heterocycles. The van der Waals surface area contributed by atoms with E-state index in [1.807, 2.05) is 4.90 Å². The van der Waals surface area contributed by atoms with Gasteiger partial charge in [-0.3, -0.25) is 9.79 Å². The van der Waals surface area contributed by atoms with Crippen molar-refractivity contribution < 1.29 is 4.79 Å². The molecule has 5 nitrogen and oxygen atoms in total. The van der Waals surface area contributed by atoms with Crippen molar-refractivity contribution in [3.63, 3.8) is 0 Å². The molecular weight excluding hydrogens is 427 g/mol. The summed E-state index contributed by atoms with van der Waals surface area (Å²) in [6.07, 6.45) is 9.91. The lowest BCUT2D eigenvalue weighted by Gasteiger charge is -2.22. The smallest absolute Gasteiger partial charge is 0.222 e. The molecule has 1 aliphatic heterocycles. The van der Waals surface area contributed by atoms with Crippen molar-refractivity contribution in [2.45, 2.75) is 58.3 Å². The molecule has 3 fully saturated rings. The van der Waals surface area contributed by atoms with Gasteiger partial charge in [-0.2, -0.15) is 0 Å². The first kappa shape index (κ1) is 20.8. The number of carbonyl (C=O) groups excluding carboxylic acids is 1. The van der Waals surface area contributed by atoms with Crippen molar-refractivity contribution in [1.82, 2.24) is 15.5 Å². The monoisotopic (exact) mass is 462 g/mol. The quantitative estimate of drug-likeness (QED) is 0.253. The van der Waals surface area contributed by atoms with Gasteiger partial charge in [-0.05, 0) is 63.2 Å². The van der Waals surface area contributed by atoms with Crippen molar-refractivity contribution in [2.24, 2.45) is 22.7 Å². The van der Waals surface area contributed by atoms with Gasteiger partial charge >= 0.3 is 0 Å². The van der Waals surface area contributed by atoms with E-state index in [0.717, 1.165) is 75.7 Å². The van der Waals surface area contributed by atoms with E-state index in [4.69, 9.17) is 0 Å². The fourth-order valence-corrected chi connectivity index (χ4v) is 4.84. The average Bonchev–Trinajstić information content (AvgIpc) is 3.29. The summed E-state index contributed by atoms with van der Waals surface area (Å²) in [4.78, 5) is 18.2. The zero-order valence-corrected chi connectivity index (χ0v) is 18.0. The number of rotatable bonds is 8. The Balaban J connectivity index is 0.00000225. The number of amides is 1. The molecule has 3 unspecified atom stereocenters. The first-order chi connectivity index (χ1) is 11.8. The molecule has 1 saturated heterocycles. The van der Waals surface area contributed by atoms with E-state index in [9.17, 15) is 4.79 Å². The van der Waals surface area contributed by atoms with Gasteiger partial charge < -0.3 is 15.5 Å². The van der Waals surface area contributed by atoms with Crippen molar-refractivity contribution >= 4 is 35.8 Å². The predicted octanol–water partition coefficient (Wildman–Crippen LogP) is 3.00. The highest BCUT2D eigenvalue weighted by atomic mass is 127. The number of aliphatic imine (C=N–C) groups is 1. The molecule has 0 spiro atoms. The van der Waals surface area contributed by atoms with Gasteiger partial charge in [0.1, 0.15) is 0 Å². The molecule has 25 heavy (non-hydrogen) atoms. The lowest BCUT2D eigenvalue weighted by atomic mass is 9.86. The van der Waals surface area contributed by atoms with E-state index >= 15 is 0 Å². The number of hydrogen-bond acceptors (Lipinski definition) is 2. The van der Waals surface area contributed by atoms with Gasteiger partial charge in [0.2, 0.25) is 5.91 Å². The maximum Gasteiger partial charge on any atom is 0.222 e. The summed E-state index contributed by atoms with van der Waals surface area (Å²) >= 11 is 0. The lowest BCUT2D eigenvalue weighted by molar-refractivity contribution is -0.127. The summed E-state index contributed by atoms with van der Waals surface area (Å²) in [7, 11) is 0. The standard InChI is InChI=1S/C19H34N4O.HI/c1-2-20-19(21-9-4-12-23-11-3-5-18(23)24)22-10-8-17-14-15-6-7-16(17)13-15;/h15-17H,2-14H2,1H3,(H2,20,21,22);1H. The van der Waals surface area contributed by atoms with Crippen LogP contribution in [0.15, 0.2) is 4.99 Å². The summed E-state index contributed by atoms with van der Waals surface area (Å²) in [6.45, 7) is 6.61. The molecule has 6 heteroatoms. The number of carbonyl (C=O) groups is 1. The zero-order valence-electron chi connectivity index (χ0n) is 15.6. The second kappa shape index (κ2) is 10.6. The van der Waals surface area contributed by atoms with Crippen LogP contribution < -0.4 is 10.6 Å². The Labute approximate surface area is 169 Å². The van der Waals surface area contributed by atoms with Gasteiger partial charge in [-0.15, -0.1) is 24.0 Å². The fourth-order valence-electron chi connectivity index (χ4n) is 4.84. The molecule has 3 atom stereocenters. The maximum atomic E-state index is 11.6. The minimum Gasteiger partial charge on any atom is -0.357 e. The zero-order chi connectivity index (χ0) is 16.8. The van der Waals surface area contributed by atoms with E-state index in [2.05, 4.69) is 22.5 Å². The number of hydrogen-bond donors (Lipinski definition) is 2. The molecule has 2 N–H and O–H groups in total. The number of nitrogens with one attached hydrogen (secondary N) is 2. The van der Waals surface area contributed by atoms with Crippen LogP contribution in [0.25, 0.3) is 0 Å². The third kappa shape index (κ3) is 6.00. The van der Waals surface area contributed by atoms with Crippen LogP contribution in [0.4, 0.5) is 0 Å². The van der Waals surface area contributed by atoms with Crippen LogP contribution in [0.1, 0.15) is 58.3 Å².